The number of hydrogen-bond acceptors (Lipinski definition) is 4. The highest BCUT2D eigenvalue weighted by atomic mass is 35.5. The lowest BCUT2D eigenvalue weighted by Gasteiger charge is -2.27. The van der Waals surface area contributed by atoms with Gasteiger partial charge in [0.05, 0.1) is 10.0 Å². The molecule has 0 spiro atoms. The first-order valence-electron chi connectivity index (χ1n) is 11.0. The molecule has 180 valence electrons. The molecule has 33 heavy (non-hydrogen) atoms. The molecule has 0 amide bonds. The van der Waals surface area contributed by atoms with E-state index in [0.717, 1.165) is 11.1 Å². The smallest absolute Gasteiger partial charge is 0.175 e. The van der Waals surface area contributed by atoms with Crippen LogP contribution in [0.2, 0.25) is 10.0 Å². The van der Waals surface area contributed by atoms with Crippen molar-refractivity contribution >= 4 is 34.8 Å². The minimum Gasteiger partial charge on any atom is -0.484 e. The summed E-state index contributed by atoms with van der Waals surface area (Å²) in [6.07, 6.45) is 0. The van der Waals surface area contributed by atoms with Gasteiger partial charge in [-0.25, -0.2) is 0 Å². The van der Waals surface area contributed by atoms with Crippen LogP contribution in [0.4, 0.5) is 0 Å². The van der Waals surface area contributed by atoms with E-state index < -0.39 is 16.2 Å². The number of carbonyl (C=O) groups excluding carboxylic acids is 2. The molecule has 2 aromatic rings. The first-order valence-corrected chi connectivity index (χ1v) is 11.7. The monoisotopic (exact) mass is 492 g/mol. The number of ketones is 2. The van der Waals surface area contributed by atoms with Crippen LogP contribution in [0.15, 0.2) is 36.4 Å². The summed E-state index contributed by atoms with van der Waals surface area (Å²) in [6, 6.07) is 11.1. The van der Waals surface area contributed by atoms with Crippen LogP contribution in [0.3, 0.4) is 0 Å². The quantitative estimate of drug-likeness (QED) is 0.387. The summed E-state index contributed by atoms with van der Waals surface area (Å²) in [5.41, 5.74) is 0.587. The fourth-order valence-electron chi connectivity index (χ4n) is 2.90. The van der Waals surface area contributed by atoms with Crippen molar-refractivity contribution in [3.05, 3.63) is 57.6 Å². The van der Waals surface area contributed by atoms with E-state index in [1.807, 2.05) is 65.8 Å². The van der Waals surface area contributed by atoms with Crippen LogP contribution >= 0.6 is 23.2 Å². The number of halogens is 2. The predicted molar refractivity (Wildman–Crippen MR) is 135 cm³/mol. The van der Waals surface area contributed by atoms with E-state index >= 15 is 0 Å². The summed E-state index contributed by atoms with van der Waals surface area (Å²) >= 11 is 12.9. The van der Waals surface area contributed by atoms with E-state index in [0.29, 0.717) is 21.5 Å². The third kappa shape index (κ3) is 6.97. The summed E-state index contributed by atoms with van der Waals surface area (Å²) in [7, 11) is 0. The van der Waals surface area contributed by atoms with Gasteiger partial charge in [0.25, 0.3) is 0 Å². The number of benzene rings is 2. The zero-order valence-corrected chi connectivity index (χ0v) is 22.3. The summed E-state index contributed by atoms with van der Waals surface area (Å²) in [4.78, 5) is 24.3. The molecule has 0 radical (unpaired) electrons. The zero-order valence-electron chi connectivity index (χ0n) is 20.8. The van der Waals surface area contributed by atoms with Gasteiger partial charge in [0.2, 0.25) is 0 Å². The van der Waals surface area contributed by atoms with Gasteiger partial charge in [-0.3, -0.25) is 9.59 Å². The molecule has 0 unspecified atom stereocenters. The van der Waals surface area contributed by atoms with E-state index in [-0.39, 0.29) is 24.8 Å². The van der Waals surface area contributed by atoms with Crippen molar-refractivity contribution in [1.82, 2.24) is 0 Å². The standard InChI is InChI=1S/C27H34Cl2O4/c1-25(2,3)23(30)15-32-21-11-9-17(13-19(21)28)27(7,8)18-10-12-22(20(29)14-18)33-16-24(31)26(4,5)6/h9-14H,15-16H2,1-8H3. The van der Waals surface area contributed by atoms with Gasteiger partial charge < -0.3 is 9.47 Å². The molecule has 0 aromatic heterocycles. The van der Waals surface area contributed by atoms with Gasteiger partial charge in [-0.15, -0.1) is 0 Å². The molecule has 2 aromatic carbocycles. The Morgan fingerprint density at radius 1 is 0.667 bits per heavy atom. The van der Waals surface area contributed by atoms with E-state index in [1.54, 1.807) is 12.1 Å². The Morgan fingerprint density at radius 2 is 1.00 bits per heavy atom. The second-order valence-corrected chi connectivity index (χ2v) is 11.7. The van der Waals surface area contributed by atoms with Gasteiger partial charge in [-0.05, 0) is 35.4 Å². The van der Waals surface area contributed by atoms with Gasteiger partial charge in [0.15, 0.2) is 11.6 Å². The highest BCUT2D eigenvalue weighted by Gasteiger charge is 2.27. The van der Waals surface area contributed by atoms with Crippen molar-refractivity contribution in [3.63, 3.8) is 0 Å². The average molecular weight is 493 g/mol. The van der Waals surface area contributed by atoms with Crippen LogP contribution in [0, 0.1) is 10.8 Å². The third-order valence-electron chi connectivity index (χ3n) is 5.70. The lowest BCUT2D eigenvalue weighted by molar-refractivity contribution is -0.128. The number of rotatable bonds is 8. The summed E-state index contributed by atoms with van der Waals surface area (Å²) < 4.78 is 11.3. The molecule has 0 aliphatic carbocycles. The van der Waals surface area contributed by atoms with E-state index in [1.165, 1.54) is 0 Å². The average Bonchev–Trinajstić information content (AvgIpc) is 2.69. The van der Waals surface area contributed by atoms with Gasteiger partial charge >= 0.3 is 0 Å². The minimum absolute atomic E-state index is 0.00382. The second kappa shape index (κ2) is 10.1. The Hall–Kier alpha value is -2.04. The lowest BCUT2D eigenvalue weighted by atomic mass is 9.78. The zero-order chi connectivity index (χ0) is 25.2. The van der Waals surface area contributed by atoms with Gasteiger partial charge in [0.1, 0.15) is 24.7 Å². The molecular weight excluding hydrogens is 459 g/mol. The largest absolute Gasteiger partial charge is 0.484 e. The van der Waals surface area contributed by atoms with Crippen LogP contribution in [-0.2, 0) is 15.0 Å². The molecule has 0 aliphatic rings. The van der Waals surface area contributed by atoms with Crippen molar-refractivity contribution in [2.24, 2.45) is 10.8 Å². The molecule has 0 saturated carbocycles. The summed E-state index contributed by atoms with van der Waals surface area (Å²) in [5.74, 6) is 0.950. The second-order valence-electron chi connectivity index (χ2n) is 10.8. The molecule has 0 N–H and O–H groups in total. The molecule has 0 atom stereocenters. The third-order valence-corrected chi connectivity index (χ3v) is 6.29. The van der Waals surface area contributed by atoms with Crippen molar-refractivity contribution in [2.45, 2.75) is 60.8 Å². The molecule has 0 aliphatic heterocycles. The highest BCUT2D eigenvalue weighted by molar-refractivity contribution is 6.32. The summed E-state index contributed by atoms with van der Waals surface area (Å²) in [5, 5.41) is 0.878. The van der Waals surface area contributed by atoms with Gasteiger partial charge in [-0.2, -0.15) is 0 Å². The SMILES string of the molecule is CC(C)(C)C(=O)COc1ccc(C(C)(C)c2ccc(OCC(=O)C(C)(C)C)c(Cl)c2)cc1Cl. The number of hydrogen-bond donors (Lipinski definition) is 0. The maximum absolute atomic E-state index is 12.1. The highest BCUT2D eigenvalue weighted by Crippen LogP contribution is 2.38. The molecule has 0 fully saturated rings. The van der Waals surface area contributed by atoms with E-state index in [4.69, 9.17) is 32.7 Å². The molecule has 0 bridgehead atoms. The summed E-state index contributed by atoms with van der Waals surface area (Å²) in [6.45, 7) is 15.2. The fraction of sp³-hybridized carbons (Fsp3) is 0.481. The first kappa shape index (κ1) is 27.2. The predicted octanol–water partition coefficient (Wildman–Crippen LogP) is 7.31. The molecule has 0 saturated heterocycles. The van der Waals surface area contributed by atoms with Crippen molar-refractivity contribution in [1.29, 1.82) is 0 Å². The molecule has 0 heterocycles. The van der Waals surface area contributed by atoms with Crippen molar-refractivity contribution < 1.29 is 19.1 Å². The Bertz CT molecular complexity index is 946. The Morgan fingerprint density at radius 3 is 1.27 bits per heavy atom. The number of carbonyl (C=O) groups is 2. The topological polar surface area (TPSA) is 52.6 Å². The van der Waals surface area contributed by atoms with E-state index in [9.17, 15) is 9.59 Å². The number of ether oxygens (including phenoxy) is 2. The maximum atomic E-state index is 12.1. The Balaban J connectivity index is 2.18. The van der Waals surface area contributed by atoms with Crippen LogP contribution in [-0.4, -0.2) is 24.8 Å². The molecular formula is C27H34Cl2O4. The number of Topliss-reactive ketones (excluding diaryl/α,β-unsaturated/α-hetero) is 2. The maximum Gasteiger partial charge on any atom is 0.175 e. The Kier molecular flexibility index (Phi) is 8.30. The molecule has 4 nitrogen and oxygen atoms in total. The van der Waals surface area contributed by atoms with E-state index in [2.05, 4.69) is 13.8 Å². The van der Waals surface area contributed by atoms with Crippen LogP contribution in [0.1, 0.15) is 66.5 Å². The molecule has 6 heteroatoms. The fourth-order valence-corrected chi connectivity index (χ4v) is 3.37. The normalized spacial score (nSPS) is 12.4. The van der Waals surface area contributed by atoms with Crippen molar-refractivity contribution in [2.75, 3.05) is 13.2 Å². The van der Waals surface area contributed by atoms with Crippen molar-refractivity contribution in [3.8, 4) is 11.5 Å². The first-order chi connectivity index (χ1) is 15.0. The van der Waals surface area contributed by atoms with Gasteiger partial charge in [-0.1, -0.05) is 90.7 Å². The molecule has 2 rings (SSSR count). The van der Waals surface area contributed by atoms with Crippen LogP contribution in [0.25, 0.3) is 0 Å². The van der Waals surface area contributed by atoms with Gasteiger partial charge in [0, 0.05) is 16.2 Å². The van der Waals surface area contributed by atoms with Crippen LogP contribution in [0.5, 0.6) is 11.5 Å². The Labute approximate surface area is 207 Å². The lowest BCUT2D eigenvalue weighted by Crippen LogP contribution is -2.26. The van der Waals surface area contributed by atoms with Crippen LogP contribution < -0.4 is 9.47 Å². The minimum atomic E-state index is -0.469.